The van der Waals surface area contributed by atoms with Crippen LogP contribution in [-0.4, -0.2) is 45.7 Å². The van der Waals surface area contributed by atoms with Crippen molar-refractivity contribution in [3.63, 3.8) is 0 Å². The molecule has 0 N–H and O–H groups in total. The molecule has 1 aliphatic heterocycles. The molecule has 0 aliphatic carbocycles. The molecule has 1 aliphatic rings. The van der Waals surface area contributed by atoms with E-state index in [2.05, 4.69) is 0 Å². The van der Waals surface area contributed by atoms with Gasteiger partial charge in [0.05, 0.1) is 21.5 Å². The van der Waals surface area contributed by atoms with Crippen molar-refractivity contribution in [3.8, 4) is 11.5 Å². The average molecular weight is 549 g/mol. The molecule has 1 saturated heterocycles. The summed E-state index contributed by atoms with van der Waals surface area (Å²) in [6, 6.07) is 9.15. The molecule has 12 heteroatoms. The van der Waals surface area contributed by atoms with Crippen LogP contribution in [0.3, 0.4) is 0 Å². The molecule has 1 fully saturated rings. The fraction of sp³-hybridized carbons (Fsp3) is 0.320. The molecule has 3 rings (SSSR count). The van der Waals surface area contributed by atoms with Gasteiger partial charge in [0, 0.05) is 12.1 Å². The molecule has 1 heterocycles. The third-order valence-corrected chi connectivity index (χ3v) is 5.90. The quantitative estimate of drug-likeness (QED) is 0.170. The summed E-state index contributed by atoms with van der Waals surface area (Å²) in [6.07, 6.45) is 1.47. The summed E-state index contributed by atoms with van der Waals surface area (Å²) < 4.78 is 16.7. The molecule has 0 bridgehead atoms. The average Bonchev–Trinajstić information content (AvgIpc) is 3.05. The second-order valence-corrected chi connectivity index (χ2v) is 10.2. The molecule has 37 heavy (non-hydrogen) atoms. The Balaban J connectivity index is 1.80. The topological polar surface area (TPSA) is 125 Å². The zero-order valence-corrected chi connectivity index (χ0v) is 22.2. The number of hydrogen-bond acceptors (Lipinski definition) is 9. The smallest absolute Gasteiger partial charge is 0.326 e. The number of hydrogen-bond donors (Lipinski definition) is 0. The third kappa shape index (κ3) is 7.46. The van der Waals surface area contributed by atoms with Gasteiger partial charge < -0.3 is 14.2 Å². The Bertz CT molecular complexity index is 1270. The maximum atomic E-state index is 12.8. The van der Waals surface area contributed by atoms with E-state index in [4.69, 9.17) is 25.8 Å². The second kappa shape index (κ2) is 11.7. The Kier molecular flexibility index (Phi) is 8.82. The summed E-state index contributed by atoms with van der Waals surface area (Å²) in [5.74, 6) is -0.797. The predicted octanol–water partition coefficient (Wildman–Crippen LogP) is 5.60. The van der Waals surface area contributed by atoms with Gasteiger partial charge in [0.1, 0.15) is 18.8 Å². The minimum absolute atomic E-state index is 0.00434. The number of carbonyl (C=O) groups is 3. The molecule has 2 aromatic rings. The van der Waals surface area contributed by atoms with E-state index in [0.29, 0.717) is 35.2 Å². The van der Waals surface area contributed by atoms with Gasteiger partial charge in [-0.1, -0.05) is 23.7 Å². The molecular formula is C25H25ClN2O8S. The summed E-state index contributed by atoms with van der Waals surface area (Å²) in [6.45, 7) is 6.64. The Morgan fingerprint density at radius 1 is 1.19 bits per heavy atom. The highest BCUT2D eigenvalue weighted by Gasteiger charge is 2.37. The number of esters is 1. The van der Waals surface area contributed by atoms with E-state index in [1.165, 1.54) is 24.3 Å². The fourth-order valence-corrected chi connectivity index (χ4v) is 4.39. The van der Waals surface area contributed by atoms with Crippen LogP contribution in [0, 0.1) is 10.1 Å². The van der Waals surface area contributed by atoms with E-state index in [1.54, 1.807) is 45.9 Å². The van der Waals surface area contributed by atoms with Gasteiger partial charge in [0.2, 0.25) is 0 Å². The van der Waals surface area contributed by atoms with E-state index in [0.717, 1.165) is 4.90 Å². The van der Waals surface area contributed by atoms with E-state index in [1.807, 2.05) is 0 Å². The van der Waals surface area contributed by atoms with Crippen molar-refractivity contribution < 1.29 is 33.5 Å². The molecule has 0 radical (unpaired) electrons. The number of non-ortho nitro benzene ring substituents is 1. The highest BCUT2D eigenvalue weighted by atomic mass is 35.5. The molecule has 0 atom stereocenters. The number of nitrogens with zero attached hydrogens (tertiary/aromatic N) is 2. The molecule has 0 unspecified atom stereocenters. The first-order valence-electron chi connectivity index (χ1n) is 11.2. The normalized spacial score (nSPS) is 14.7. The molecule has 0 saturated carbocycles. The van der Waals surface area contributed by atoms with Crippen molar-refractivity contribution >= 4 is 52.2 Å². The Labute approximate surface area is 222 Å². The molecule has 2 amide bonds. The van der Waals surface area contributed by atoms with Crippen LogP contribution in [0.4, 0.5) is 10.5 Å². The van der Waals surface area contributed by atoms with Crippen LogP contribution < -0.4 is 9.47 Å². The number of carbonyl (C=O) groups excluding carboxylic acids is 3. The van der Waals surface area contributed by atoms with E-state index >= 15 is 0 Å². The van der Waals surface area contributed by atoms with Crippen molar-refractivity contribution in [1.82, 2.24) is 4.90 Å². The predicted molar refractivity (Wildman–Crippen MR) is 139 cm³/mol. The number of nitro benzene ring substituents is 1. The van der Waals surface area contributed by atoms with E-state index in [9.17, 15) is 24.5 Å². The Hall–Kier alpha value is -3.57. The number of amides is 2. The monoisotopic (exact) mass is 548 g/mol. The summed E-state index contributed by atoms with van der Waals surface area (Å²) >= 11 is 7.15. The maximum absolute atomic E-state index is 12.8. The van der Waals surface area contributed by atoms with Gasteiger partial charge in [-0.05, 0) is 68.8 Å². The van der Waals surface area contributed by atoms with Gasteiger partial charge in [-0.15, -0.1) is 0 Å². The number of benzene rings is 2. The number of rotatable bonds is 9. The van der Waals surface area contributed by atoms with Crippen molar-refractivity contribution in [2.75, 3.05) is 13.2 Å². The molecule has 0 spiro atoms. The number of halogens is 1. The van der Waals surface area contributed by atoms with Crippen LogP contribution in [0.1, 0.15) is 38.8 Å². The number of ether oxygens (including phenoxy) is 3. The standard InChI is InChI=1S/C25H25ClN2O8S/c1-5-34-19-11-16(10-18(26)22(19)35-14-15-7-6-8-17(9-15)28(32)33)12-20-23(30)27(24(31)37-20)13-21(29)36-25(2,3)4/h6-12H,5,13-14H2,1-4H3. The first-order chi connectivity index (χ1) is 17.4. The van der Waals surface area contributed by atoms with Crippen molar-refractivity contribution in [3.05, 3.63) is 67.6 Å². The lowest BCUT2D eigenvalue weighted by atomic mass is 10.1. The molecule has 2 aromatic carbocycles. The van der Waals surface area contributed by atoms with Crippen molar-refractivity contribution in [2.45, 2.75) is 39.9 Å². The number of nitro groups is 1. The van der Waals surface area contributed by atoms with Crippen LogP contribution >= 0.6 is 23.4 Å². The van der Waals surface area contributed by atoms with Crippen LogP contribution in [0.5, 0.6) is 11.5 Å². The third-order valence-electron chi connectivity index (χ3n) is 4.71. The van der Waals surface area contributed by atoms with Crippen LogP contribution in [0.25, 0.3) is 6.08 Å². The SMILES string of the molecule is CCOc1cc(C=C2SC(=O)N(CC(=O)OC(C)(C)C)C2=O)cc(Cl)c1OCc1cccc([N+](=O)[O-])c1. The van der Waals surface area contributed by atoms with Crippen LogP contribution in [-0.2, 0) is 20.9 Å². The van der Waals surface area contributed by atoms with Crippen LogP contribution in [0.15, 0.2) is 41.3 Å². The second-order valence-electron chi connectivity index (χ2n) is 8.83. The van der Waals surface area contributed by atoms with Crippen molar-refractivity contribution in [2.24, 2.45) is 0 Å². The highest BCUT2D eigenvalue weighted by molar-refractivity contribution is 8.18. The lowest BCUT2D eigenvalue weighted by Gasteiger charge is -2.21. The minimum Gasteiger partial charge on any atom is -0.490 e. The molecule has 0 aromatic heterocycles. The summed E-state index contributed by atoms with van der Waals surface area (Å²) in [7, 11) is 0. The highest BCUT2D eigenvalue weighted by Crippen LogP contribution is 2.39. The van der Waals surface area contributed by atoms with Crippen molar-refractivity contribution in [1.29, 1.82) is 0 Å². The summed E-state index contributed by atoms with van der Waals surface area (Å²) in [5.41, 5.74) is 0.225. The first kappa shape index (κ1) is 28.0. The van der Waals surface area contributed by atoms with Crippen LogP contribution in [0.2, 0.25) is 5.02 Å². The number of thioether (sulfide) groups is 1. The lowest BCUT2D eigenvalue weighted by molar-refractivity contribution is -0.384. The van der Waals surface area contributed by atoms with Gasteiger partial charge in [0.25, 0.3) is 16.8 Å². The van der Waals surface area contributed by atoms with Gasteiger partial charge >= 0.3 is 5.97 Å². The Morgan fingerprint density at radius 2 is 1.92 bits per heavy atom. The molecular weight excluding hydrogens is 524 g/mol. The van der Waals surface area contributed by atoms with Gasteiger partial charge in [-0.2, -0.15) is 0 Å². The fourth-order valence-electron chi connectivity index (χ4n) is 3.28. The first-order valence-corrected chi connectivity index (χ1v) is 12.4. The van der Waals surface area contributed by atoms with E-state index in [-0.39, 0.29) is 28.0 Å². The minimum atomic E-state index is -0.750. The largest absolute Gasteiger partial charge is 0.490 e. The Morgan fingerprint density at radius 3 is 2.57 bits per heavy atom. The van der Waals surface area contributed by atoms with Gasteiger partial charge in [-0.3, -0.25) is 29.4 Å². The zero-order valence-electron chi connectivity index (χ0n) is 20.6. The molecule has 10 nitrogen and oxygen atoms in total. The van der Waals surface area contributed by atoms with E-state index < -0.39 is 34.2 Å². The van der Waals surface area contributed by atoms with Gasteiger partial charge in [-0.25, -0.2) is 0 Å². The summed E-state index contributed by atoms with van der Waals surface area (Å²) in [4.78, 5) is 48.7. The summed E-state index contributed by atoms with van der Waals surface area (Å²) in [5, 5.41) is 10.6. The zero-order chi connectivity index (χ0) is 27.3. The number of imide groups is 1. The van der Waals surface area contributed by atoms with Gasteiger partial charge in [0.15, 0.2) is 11.5 Å². The lowest BCUT2D eigenvalue weighted by Crippen LogP contribution is -2.37. The molecule has 196 valence electrons. The maximum Gasteiger partial charge on any atom is 0.326 e.